The van der Waals surface area contributed by atoms with Crippen LogP contribution in [0.5, 0.6) is 0 Å². The molecular weight excluding hydrogens is 280 g/mol. The molecule has 2 atom stereocenters. The molecule has 1 N–H and O–H groups in total. The van der Waals surface area contributed by atoms with Crippen LogP contribution in [0.25, 0.3) is 0 Å². The van der Waals surface area contributed by atoms with Gasteiger partial charge in [-0.25, -0.2) is 0 Å². The van der Waals surface area contributed by atoms with Crippen molar-refractivity contribution in [3.63, 3.8) is 0 Å². The van der Waals surface area contributed by atoms with Gasteiger partial charge in [0.15, 0.2) is 0 Å². The first-order valence-electron chi connectivity index (χ1n) is 8.19. The van der Waals surface area contributed by atoms with Gasteiger partial charge in [0.2, 0.25) is 0 Å². The summed E-state index contributed by atoms with van der Waals surface area (Å²) in [5.74, 6) is 3.14. The van der Waals surface area contributed by atoms with Gasteiger partial charge in [-0.15, -0.1) is 0 Å². The summed E-state index contributed by atoms with van der Waals surface area (Å²) in [5.41, 5.74) is 1.34. The first-order valence-corrected chi connectivity index (χ1v) is 9.34. The Morgan fingerprint density at radius 3 is 3.00 bits per heavy atom. The Hall–Kier alpha value is -0.580. The molecule has 116 valence electrons. The zero-order chi connectivity index (χ0) is 14.5. The van der Waals surface area contributed by atoms with E-state index in [1.54, 1.807) is 0 Å². The molecule has 0 radical (unpaired) electrons. The van der Waals surface area contributed by atoms with E-state index in [-0.39, 0.29) is 5.60 Å². The fourth-order valence-electron chi connectivity index (χ4n) is 3.73. The van der Waals surface area contributed by atoms with E-state index in [0.29, 0.717) is 12.0 Å². The summed E-state index contributed by atoms with van der Waals surface area (Å²) in [4.78, 5) is 4.60. The molecule has 0 bridgehead atoms. The number of nitrogens with one attached hydrogen (secondary N) is 1. The predicted molar refractivity (Wildman–Crippen MR) is 88.6 cm³/mol. The van der Waals surface area contributed by atoms with Crippen molar-refractivity contribution in [2.24, 2.45) is 5.92 Å². The van der Waals surface area contributed by atoms with E-state index >= 15 is 0 Å². The molecule has 3 nitrogen and oxygen atoms in total. The van der Waals surface area contributed by atoms with Crippen LogP contribution in [0.15, 0.2) is 24.4 Å². The Bertz CT molecular complexity index is 428. The minimum Gasteiger partial charge on any atom is -0.375 e. The number of thioether (sulfide) groups is 1. The number of ether oxygens (including phenoxy) is 1. The van der Waals surface area contributed by atoms with Crippen molar-refractivity contribution < 1.29 is 4.74 Å². The number of hydrogen-bond donors (Lipinski definition) is 1. The molecule has 21 heavy (non-hydrogen) atoms. The minimum atomic E-state index is 0.149. The van der Waals surface area contributed by atoms with Gasteiger partial charge in [-0.05, 0) is 61.8 Å². The predicted octanol–water partition coefficient (Wildman–Crippen LogP) is 3.42. The summed E-state index contributed by atoms with van der Waals surface area (Å²) in [6.07, 6.45) is 6.67. The number of nitrogens with zero attached hydrogens (tertiary/aromatic N) is 1. The molecule has 0 aliphatic carbocycles. The van der Waals surface area contributed by atoms with E-state index in [2.05, 4.69) is 41.1 Å². The molecule has 1 aromatic heterocycles. The topological polar surface area (TPSA) is 34.2 Å². The van der Waals surface area contributed by atoms with Crippen LogP contribution >= 0.6 is 11.8 Å². The van der Waals surface area contributed by atoms with Crippen LogP contribution < -0.4 is 5.32 Å². The number of hydrogen-bond acceptors (Lipinski definition) is 4. The van der Waals surface area contributed by atoms with Crippen molar-refractivity contribution in [2.75, 3.05) is 24.7 Å². The van der Waals surface area contributed by atoms with Gasteiger partial charge in [0.05, 0.1) is 17.3 Å². The first-order chi connectivity index (χ1) is 10.3. The summed E-state index contributed by atoms with van der Waals surface area (Å²) >= 11 is 2.07. The molecule has 1 spiro atoms. The Kier molecular flexibility index (Phi) is 5.19. The molecule has 1 aromatic rings. The lowest BCUT2D eigenvalue weighted by Crippen LogP contribution is -2.46. The highest BCUT2D eigenvalue weighted by molar-refractivity contribution is 7.99. The number of pyridine rings is 1. The molecule has 0 aromatic carbocycles. The van der Waals surface area contributed by atoms with Crippen LogP contribution in [0, 0.1) is 5.92 Å². The fourth-order valence-corrected chi connectivity index (χ4v) is 4.97. The van der Waals surface area contributed by atoms with Crippen molar-refractivity contribution in [3.05, 3.63) is 30.1 Å². The summed E-state index contributed by atoms with van der Waals surface area (Å²) < 4.78 is 6.24. The monoisotopic (exact) mass is 306 g/mol. The second-order valence-corrected chi connectivity index (χ2v) is 7.41. The van der Waals surface area contributed by atoms with Gasteiger partial charge in [-0.2, -0.15) is 11.8 Å². The normalized spacial score (nSPS) is 26.6. The Balaban J connectivity index is 1.76. The first kappa shape index (κ1) is 15.3. The molecule has 2 unspecified atom stereocenters. The van der Waals surface area contributed by atoms with Gasteiger partial charge in [0, 0.05) is 12.8 Å². The summed E-state index contributed by atoms with van der Waals surface area (Å²) in [7, 11) is 0. The highest BCUT2D eigenvalue weighted by atomic mass is 32.2. The van der Waals surface area contributed by atoms with Gasteiger partial charge < -0.3 is 10.1 Å². The maximum atomic E-state index is 6.24. The zero-order valence-corrected chi connectivity index (χ0v) is 13.7. The quantitative estimate of drug-likeness (QED) is 0.924. The van der Waals surface area contributed by atoms with E-state index < -0.39 is 0 Å². The van der Waals surface area contributed by atoms with Gasteiger partial charge >= 0.3 is 0 Å². The van der Waals surface area contributed by atoms with Crippen molar-refractivity contribution >= 4 is 11.8 Å². The van der Waals surface area contributed by atoms with E-state index in [9.17, 15) is 0 Å². The lowest BCUT2D eigenvalue weighted by atomic mass is 9.77. The average Bonchev–Trinajstić information content (AvgIpc) is 2.54. The van der Waals surface area contributed by atoms with Crippen LogP contribution in [0.3, 0.4) is 0 Å². The molecule has 3 rings (SSSR count). The molecule has 4 heteroatoms. The Labute approximate surface area is 132 Å². The van der Waals surface area contributed by atoms with Gasteiger partial charge in [-0.1, -0.05) is 13.0 Å². The summed E-state index contributed by atoms with van der Waals surface area (Å²) in [6.45, 7) is 4.08. The van der Waals surface area contributed by atoms with Crippen LogP contribution in [0.2, 0.25) is 0 Å². The lowest BCUT2D eigenvalue weighted by molar-refractivity contribution is -0.107. The molecule has 2 aliphatic rings. The highest BCUT2D eigenvalue weighted by Crippen LogP contribution is 2.43. The Morgan fingerprint density at radius 1 is 1.43 bits per heavy atom. The molecule has 2 aliphatic heterocycles. The molecule has 2 saturated heterocycles. The van der Waals surface area contributed by atoms with Crippen LogP contribution in [0.1, 0.15) is 44.3 Å². The van der Waals surface area contributed by atoms with E-state index in [1.165, 1.54) is 36.5 Å². The standard InChI is InChI=1S/C17H26N2OS/c1-2-18-16(15-5-3-4-9-19-15)14-6-10-20-17(13-14)7-11-21-12-8-17/h3-5,9,14,16,18H,2,6-8,10-13H2,1H3. The molecule has 3 heterocycles. The minimum absolute atomic E-state index is 0.149. The third-order valence-corrected chi connectivity index (χ3v) is 5.82. The van der Waals surface area contributed by atoms with Gasteiger partial charge in [0.25, 0.3) is 0 Å². The molecule has 0 amide bonds. The van der Waals surface area contributed by atoms with Gasteiger partial charge in [0.1, 0.15) is 0 Å². The second kappa shape index (κ2) is 7.12. The third kappa shape index (κ3) is 3.61. The maximum absolute atomic E-state index is 6.24. The molecule has 0 saturated carbocycles. The third-order valence-electron chi connectivity index (χ3n) is 4.84. The van der Waals surface area contributed by atoms with Crippen molar-refractivity contribution in [3.8, 4) is 0 Å². The van der Waals surface area contributed by atoms with Crippen LogP contribution in [-0.2, 0) is 4.74 Å². The SMILES string of the molecule is CCNC(c1ccccn1)C1CCOC2(CCSCC2)C1. The highest BCUT2D eigenvalue weighted by Gasteiger charge is 2.41. The van der Waals surface area contributed by atoms with E-state index in [4.69, 9.17) is 4.74 Å². The molecular formula is C17H26N2OS. The summed E-state index contributed by atoms with van der Waals surface area (Å²) in [5, 5.41) is 3.67. The van der Waals surface area contributed by atoms with Crippen molar-refractivity contribution in [1.82, 2.24) is 10.3 Å². The van der Waals surface area contributed by atoms with Crippen molar-refractivity contribution in [1.29, 1.82) is 0 Å². The number of rotatable bonds is 4. The number of aromatic nitrogens is 1. The van der Waals surface area contributed by atoms with Crippen LogP contribution in [-0.4, -0.2) is 35.2 Å². The van der Waals surface area contributed by atoms with E-state index in [0.717, 1.165) is 19.6 Å². The van der Waals surface area contributed by atoms with Gasteiger partial charge in [-0.3, -0.25) is 4.98 Å². The fraction of sp³-hybridized carbons (Fsp3) is 0.706. The van der Waals surface area contributed by atoms with Crippen molar-refractivity contribution in [2.45, 2.75) is 44.2 Å². The van der Waals surface area contributed by atoms with Crippen LogP contribution in [0.4, 0.5) is 0 Å². The lowest BCUT2D eigenvalue weighted by Gasteiger charge is -2.45. The maximum Gasteiger partial charge on any atom is 0.0701 e. The smallest absolute Gasteiger partial charge is 0.0701 e. The Morgan fingerprint density at radius 2 is 2.29 bits per heavy atom. The largest absolute Gasteiger partial charge is 0.375 e. The molecule has 2 fully saturated rings. The van der Waals surface area contributed by atoms with E-state index in [1.807, 2.05) is 12.3 Å². The average molecular weight is 306 g/mol. The zero-order valence-electron chi connectivity index (χ0n) is 12.9. The summed E-state index contributed by atoms with van der Waals surface area (Å²) in [6, 6.07) is 6.62. The second-order valence-electron chi connectivity index (χ2n) is 6.19.